The Bertz CT molecular complexity index is 545. The Morgan fingerprint density at radius 2 is 2.00 bits per heavy atom. The zero-order chi connectivity index (χ0) is 15.1. The summed E-state index contributed by atoms with van der Waals surface area (Å²) in [5, 5.41) is 14.9. The molecule has 0 aliphatic heterocycles. The van der Waals surface area contributed by atoms with Crippen LogP contribution in [0.25, 0.3) is 0 Å². The van der Waals surface area contributed by atoms with E-state index in [4.69, 9.17) is 5.26 Å². The number of nitriles is 1. The lowest BCUT2D eigenvalue weighted by molar-refractivity contribution is -0.123. The van der Waals surface area contributed by atoms with E-state index in [1.54, 1.807) is 18.2 Å². The Morgan fingerprint density at radius 3 is 2.55 bits per heavy atom. The van der Waals surface area contributed by atoms with Crippen LogP contribution in [0, 0.1) is 17.2 Å². The first-order valence-electron chi connectivity index (χ1n) is 6.52. The minimum absolute atomic E-state index is 0.00945. The topological polar surface area (TPSA) is 82.0 Å². The van der Waals surface area contributed by atoms with Crippen molar-refractivity contribution in [3.63, 3.8) is 0 Å². The van der Waals surface area contributed by atoms with Crippen LogP contribution < -0.4 is 10.6 Å². The molecule has 106 valence electrons. The predicted molar refractivity (Wildman–Crippen MR) is 77.5 cm³/mol. The number of carbonyl (C=O) groups excluding carboxylic acids is 2. The van der Waals surface area contributed by atoms with Crippen LogP contribution in [0.15, 0.2) is 18.2 Å². The third-order valence-electron chi connectivity index (χ3n) is 2.81. The van der Waals surface area contributed by atoms with E-state index < -0.39 is 0 Å². The molecule has 1 aromatic rings. The van der Waals surface area contributed by atoms with E-state index in [1.165, 1.54) is 6.92 Å². The lowest BCUT2D eigenvalue weighted by atomic mass is 10.1. The monoisotopic (exact) mass is 273 g/mol. The summed E-state index contributed by atoms with van der Waals surface area (Å²) < 4.78 is 0. The minimum Gasteiger partial charge on any atom is -0.382 e. The number of Topliss-reactive ketones (excluding diaryl/α,β-unsaturated/α-hetero) is 1. The van der Waals surface area contributed by atoms with Gasteiger partial charge in [-0.15, -0.1) is 0 Å². The Labute approximate surface area is 119 Å². The average molecular weight is 273 g/mol. The molecule has 0 radical (unpaired) electrons. The highest BCUT2D eigenvalue weighted by molar-refractivity contribution is 5.95. The van der Waals surface area contributed by atoms with Crippen LogP contribution in [0.1, 0.15) is 36.7 Å². The van der Waals surface area contributed by atoms with Crippen molar-refractivity contribution < 1.29 is 9.59 Å². The smallest absolute Gasteiger partial charge is 0.222 e. The fourth-order valence-corrected chi connectivity index (χ4v) is 1.59. The summed E-state index contributed by atoms with van der Waals surface area (Å²) in [6, 6.07) is 6.97. The second-order valence-corrected chi connectivity index (χ2v) is 4.80. The van der Waals surface area contributed by atoms with Gasteiger partial charge < -0.3 is 10.6 Å². The number of nitrogens with zero attached hydrogens (tertiary/aromatic N) is 1. The number of amides is 1. The molecule has 5 heteroatoms. The van der Waals surface area contributed by atoms with Gasteiger partial charge in [-0.2, -0.15) is 5.26 Å². The summed E-state index contributed by atoms with van der Waals surface area (Å²) in [5.41, 5.74) is 1.64. The summed E-state index contributed by atoms with van der Waals surface area (Å²) >= 11 is 0. The van der Waals surface area contributed by atoms with Crippen LogP contribution in [0.5, 0.6) is 0 Å². The molecule has 0 fully saturated rings. The molecule has 2 N–H and O–H groups in total. The Kier molecular flexibility index (Phi) is 5.73. The van der Waals surface area contributed by atoms with E-state index >= 15 is 0 Å². The Hall–Kier alpha value is -2.35. The van der Waals surface area contributed by atoms with Crippen LogP contribution in [0.3, 0.4) is 0 Å². The number of hydrogen-bond acceptors (Lipinski definition) is 4. The standard InChI is InChI=1S/C15H19N3O2/c1-10(2)15(20)18-7-6-17-14-8-12(11(3)19)4-5-13(14)9-16/h4-5,8,10,17H,6-7H2,1-3H3,(H,18,20). The fourth-order valence-electron chi connectivity index (χ4n) is 1.59. The molecule has 0 aliphatic rings. The highest BCUT2D eigenvalue weighted by atomic mass is 16.1. The molecule has 20 heavy (non-hydrogen) atoms. The van der Waals surface area contributed by atoms with Crippen molar-refractivity contribution in [1.29, 1.82) is 5.26 Å². The largest absolute Gasteiger partial charge is 0.382 e. The normalized spacial score (nSPS) is 9.95. The summed E-state index contributed by atoms with van der Waals surface area (Å²) in [4.78, 5) is 22.7. The van der Waals surface area contributed by atoms with Crippen LogP contribution in [-0.4, -0.2) is 24.8 Å². The zero-order valence-electron chi connectivity index (χ0n) is 12.0. The first-order chi connectivity index (χ1) is 9.45. The summed E-state index contributed by atoms with van der Waals surface area (Å²) in [6.07, 6.45) is 0. The van der Waals surface area contributed by atoms with Crippen LogP contribution >= 0.6 is 0 Å². The van der Waals surface area contributed by atoms with Gasteiger partial charge >= 0.3 is 0 Å². The molecule has 0 unspecified atom stereocenters. The molecule has 0 spiro atoms. The molecule has 1 aromatic carbocycles. The van der Waals surface area contributed by atoms with Crippen molar-refractivity contribution in [2.45, 2.75) is 20.8 Å². The second-order valence-electron chi connectivity index (χ2n) is 4.80. The molecule has 0 saturated heterocycles. The highest BCUT2D eigenvalue weighted by Gasteiger charge is 2.07. The Balaban J connectivity index is 2.63. The van der Waals surface area contributed by atoms with Crippen molar-refractivity contribution in [2.24, 2.45) is 5.92 Å². The maximum absolute atomic E-state index is 11.4. The predicted octanol–water partition coefficient (Wildman–Crippen LogP) is 1.94. The number of anilines is 1. The zero-order valence-corrected chi connectivity index (χ0v) is 12.0. The van der Waals surface area contributed by atoms with Crippen LogP contribution in [0.4, 0.5) is 5.69 Å². The molecular weight excluding hydrogens is 254 g/mol. The molecule has 0 heterocycles. The van der Waals surface area contributed by atoms with Crippen molar-refractivity contribution >= 4 is 17.4 Å². The molecule has 1 rings (SSSR count). The number of rotatable bonds is 6. The van der Waals surface area contributed by atoms with Gasteiger partial charge in [-0.05, 0) is 25.1 Å². The minimum atomic E-state index is -0.0503. The molecular formula is C15H19N3O2. The van der Waals surface area contributed by atoms with Crippen LogP contribution in [0.2, 0.25) is 0 Å². The van der Waals surface area contributed by atoms with E-state index in [-0.39, 0.29) is 17.6 Å². The number of ketones is 1. The maximum Gasteiger partial charge on any atom is 0.222 e. The average Bonchev–Trinajstić information content (AvgIpc) is 2.42. The first-order valence-corrected chi connectivity index (χ1v) is 6.52. The van der Waals surface area contributed by atoms with Crippen molar-refractivity contribution in [2.75, 3.05) is 18.4 Å². The van der Waals surface area contributed by atoms with E-state index in [2.05, 4.69) is 16.7 Å². The van der Waals surface area contributed by atoms with Gasteiger partial charge in [0.05, 0.1) is 11.3 Å². The maximum atomic E-state index is 11.4. The van der Waals surface area contributed by atoms with Gasteiger partial charge in [-0.3, -0.25) is 9.59 Å². The van der Waals surface area contributed by atoms with E-state index in [0.29, 0.717) is 29.9 Å². The van der Waals surface area contributed by atoms with Gasteiger partial charge in [0.15, 0.2) is 5.78 Å². The summed E-state index contributed by atoms with van der Waals surface area (Å²) in [6.45, 7) is 6.09. The second kappa shape index (κ2) is 7.29. The number of nitrogens with one attached hydrogen (secondary N) is 2. The first kappa shape index (κ1) is 15.7. The van der Waals surface area contributed by atoms with Crippen molar-refractivity contribution in [3.8, 4) is 6.07 Å². The molecule has 5 nitrogen and oxygen atoms in total. The van der Waals surface area contributed by atoms with Crippen molar-refractivity contribution in [3.05, 3.63) is 29.3 Å². The van der Waals surface area contributed by atoms with Gasteiger partial charge in [-0.1, -0.05) is 13.8 Å². The van der Waals surface area contributed by atoms with Crippen molar-refractivity contribution in [1.82, 2.24) is 5.32 Å². The molecule has 0 atom stereocenters. The van der Waals surface area contributed by atoms with E-state index in [0.717, 1.165) is 0 Å². The molecule has 0 aromatic heterocycles. The number of benzene rings is 1. The van der Waals surface area contributed by atoms with Gasteiger partial charge in [0.25, 0.3) is 0 Å². The molecule has 1 amide bonds. The quantitative estimate of drug-likeness (QED) is 0.613. The number of hydrogen-bond donors (Lipinski definition) is 2. The summed E-state index contributed by atoms with van der Waals surface area (Å²) in [5.74, 6) is -0.110. The summed E-state index contributed by atoms with van der Waals surface area (Å²) in [7, 11) is 0. The lowest BCUT2D eigenvalue weighted by Gasteiger charge is -2.11. The third kappa shape index (κ3) is 4.39. The van der Waals surface area contributed by atoms with E-state index in [9.17, 15) is 9.59 Å². The van der Waals surface area contributed by atoms with Gasteiger partial charge in [-0.25, -0.2) is 0 Å². The Morgan fingerprint density at radius 1 is 1.30 bits per heavy atom. The van der Waals surface area contributed by atoms with E-state index in [1.807, 2.05) is 13.8 Å². The number of carbonyl (C=O) groups is 2. The van der Waals surface area contributed by atoms with Gasteiger partial charge in [0.1, 0.15) is 6.07 Å². The van der Waals surface area contributed by atoms with Crippen LogP contribution in [-0.2, 0) is 4.79 Å². The van der Waals surface area contributed by atoms with Gasteiger partial charge in [0.2, 0.25) is 5.91 Å². The molecule has 0 saturated carbocycles. The SMILES string of the molecule is CC(=O)c1ccc(C#N)c(NCCNC(=O)C(C)C)c1. The highest BCUT2D eigenvalue weighted by Crippen LogP contribution is 2.17. The van der Waals surface area contributed by atoms with Gasteiger partial charge in [0, 0.05) is 24.6 Å². The fraction of sp³-hybridized carbons (Fsp3) is 0.400. The molecule has 0 aliphatic carbocycles. The lowest BCUT2D eigenvalue weighted by Crippen LogP contribution is -2.32. The molecule has 0 bridgehead atoms. The third-order valence-corrected chi connectivity index (χ3v) is 2.81.